The van der Waals surface area contributed by atoms with Crippen molar-refractivity contribution >= 4 is 17.7 Å². The largest absolute Gasteiger partial charge is 0.463 e. The van der Waals surface area contributed by atoms with Crippen LogP contribution in [0.5, 0.6) is 0 Å². The SMILES string of the molecule is CC(C)C(NC(=O)Cn1c(-c2ccco2)ccc(NC(=O)OCc2ccccc2)c1=O)C(O)C(F)(F)F.[c]1ccco1. The van der Waals surface area contributed by atoms with E-state index in [4.69, 9.17) is 9.15 Å². The monoisotopic (exact) mass is 588 g/mol. The van der Waals surface area contributed by atoms with Crippen LogP contribution in [0.2, 0.25) is 0 Å². The van der Waals surface area contributed by atoms with Crippen molar-refractivity contribution in [3.63, 3.8) is 0 Å². The van der Waals surface area contributed by atoms with Crippen molar-refractivity contribution in [1.29, 1.82) is 0 Å². The maximum Gasteiger partial charge on any atom is 0.416 e. The summed E-state index contributed by atoms with van der Waals surface area (Å²) in [5.74, 6) is -1.52. The molecular weight excluding hydrogens is 559 g/mol. The van der Waals surface area contributed by atoms with E-state index in [0.717, 1.165) is 10.1 Å². The first-order chi connectivity index (χ1) is 20.0. The van der Waals surface area contributed by atoms with Gasteiger partial charge in [-0.15, -0.1) is 0 Å². The zero-order chi connectivity index (χ0) is 30.7. The van der Waals surface area contributed by atoms with Crippen molar-refractivity contribution < 1.29 is 41.4 Å². The number of pyridine rings is 1. The van der Waals surface area contributed by atoms with Crippen LogP contribution in [0.4, 0.5) is 23.7 Å². The van der Waals surface area contributed by atoms with Crippen molar-refractivity contribution in [3.05, 3.63) is 101 Å². The number of hydrogen-bond donors (Lipinski definition) is 3. The van der Waals surface area contributed by atoms with Crippen molar-refractivity contribution in [2.75, 3.05) is 5.32 Å². The fourth-order valence-corrected chi connectivity index (χ4v) is 3.72. The summed E-state index contributed by atoms with van der Waals surface area (Å²) in [5.41, 5.74) is -0.179. The molecule has 1 radical (unpaired) electrons. The summed E-state index contributed by atoms with van der Waals surface area (Å²) >= 11 is 0. The number of aromatic nitrogens is 1. The van der Waals surface area contributed by atoms with Gasteiger partial charge < -0.3 is 24.0 Å². The number of ether oxygens (including phenoxy) is 1. The number of rotatable bonds is 9. The molecule has 0 aliphatic carbocycles. The van der Waals surface area contributed by atoms with Crippen LogP contribution in [-0.2, 0) is 22.7 Å². The van der Waals surface area contributed by atoms with Crippen LogP contribution in [-0.4, -0.2) is 40.0 Å². The summed E-state index contributed by atoms with van der Waals surface area (Å²) in [6.07, 6.45) is -3.28. The molecule has 0 saturated heterocycles. The Balaban J connectivity index is 0.000000873. The average molecular weight is 589 g/mol. The minimum atomic E-state index is -4.96. The fraction of sp³-hybridized carbons (Fsp3) is 0.276. The molecule has 42 heavy (non-hydrogen) atoms. The molecule has 223 valence electrons. The molecule has 0 spiro atoms. The maximum atomic E-state index is 13.2. The van der Waals surface area contributed by atoms with Crippen molar-refractivity contribution in [2.24, 2.45) is 5.92 Å². The Morgan fingerprint density at radius 2 is 1.79 bits per heavy atom. The lowest BCUT2D eigenvalue weighted by Crippen LogP contribution is -2.53. The first-order valence-electron chi connectivity index (χ1n) is 12.7. The molecule has 0 aliphatic heterocycles. The Labute approximate surface area is 238 Å². The second kappa shape index (κ2) is 14.7. The average Bonchev–Trinajstić information content (AvgIpc) is 3.70. The summed E-state index contributed by atoms with van der Waals surface area (Å²) in [6, 6.07) is 16.4. The van der Waals surface area contributed by atoms with Crippen molar-refractivity contribution in [1.82, 2.24) is 9.88 Å². The third-order valence-electron chi connectivity index (χ3n) is 5.80. The molecule has 2 amide bonds. The minimum absolute atomic E-state index is 0.0497. The van der Waals surface area contributed by atoms with E-state index in [1.807, 2.05) is 0 Å². The third-order valence-corrected chi connectivity index (χ3v) is 5.80. The van der Waals surface area contributed by atoms with Crippen LogP contribution < -0.4 is 16.2 Å². The number of anilines is 1. The van der Waals surface area contributed by atoms with E-state index in [1.54, 1.807) is 54.8 Å². The van der Waals surface area contributed by atoms with E-state index in [9.17, 15) is 32.7 Å². The Kier molecular flexibility index (Phi) is 11.1. The standard InChI is InChI=1S/C25H26F3N3O6.C4H3O/c1-15(2)21(22(33)25(26,27)28)30-20(32)13-31-18(19-9-6-12-36-19)11-10-17(23(31)34)29-24(35)37-14-16-7-4-3-5-8-16;1-2-4-5-3-1/h3-12,15,21-22,33H,13-14H2,1-2H3,(H,29,35)(H,30,32);1-3H. The number of furan rings is 2. The first-order valence-corrected chi connectivity index (χ1v) is 12.7. The van der Waals surface area contributed by atoms with Crippen LogP contribution in [0.1, 0.15) is 19.4 Å². The molecule has 13 heteroatoms. The van der Waals surface area contributed by atoms with Crippen LogP contribution in [0.25, 0.3) is 11.5 Å². The van der Waals surface area contributed by atoms with Crippen molar-refractivity contribution in [3.8, 4) is 11.5 Å². The Bertz CT molecular complexity index is 1430. The second-order valence-electron chi connectivity index (χ2n) is 9.24. The van der Waals surface area contributed by atoms with Gasteiger partial charge in [-0.05, 0) is 47.9 Å². The quantitative estimate of drug-likeness (QED) is 0.250. The molecule has 3 N–H and O–H groups in total. The summed E-state index contributed by atoms with van der Waals surface area (Å²) < 4.78 is 55.1. The third kappa shape index (κ3) is 9.13. The molecule has 4 aromatic rings. The van der Waals surface area contributed by atoms with Gasteiger partial charge in [0.1, 0.15) is 24.6 Å². The van der Waals surface area contributed by atoms with E-state index in [2.05, 4.69) is 21.3 Å². The van der Waals surface area contributed by atoms with Crippen LogP contribution in [0.3, 0.4) is 0 Å². The summed E-state index contributed by atoms with van der Waals surface area (Å²) in [7, 11) is 0. The fourth-order valence-electron chi connectivity index (χ4n) is 3.72. The summed E-state index contributed by atoms with van der Waals surface area (Å²) in [5, 5.41) is 14.2. The summed E-state index contributed by atoms with van der Waals surface area (Å²) in [4.78, 5) is 38.2. The molecule has 0 bridgehead atoms. The zero-order valence-electron chi connectivity index (χ0n) is 22.6. The van der Waals surface area contributed by atoms with E-state index >= 15 is 0 Å². The molecular formula is C29H29F3N3O7. The maximum absolute atomic E-state index is 13.2. The van der Waals surface area contributed by atoms with Gasteiger partial charge in [0.2, 0.25) is 5.91 Å². The highest BCUT2D eigenvalue weighted by Gasteiger charge is 2.45. The molecule has 2 atom stereocenters. The van der Waals surface area contributed by atoms with Gasteiger partial charge in [-0.25, -0.2) is 4.79 Å². The predicted molar refractivity (Wildman–Crippen MR) is 145 cm³/mol. The van der Waals surface area contributed by atoms with Gasteiger partial charge >= 0.3 is 12.3 Å². The number of nitrogens with one attached hydrogen (secondary N) is 2. The van der Waals surface area contributed by atoms with Gasteiger partial charge in [0.05, 0.1) is 24.3 Å². The molecule has 3 heterocycles. The number of halogens is 3. The highest BCUT2D eigenvalue weighted by molar-refractivity contribution is 5.85. The number of amides is 2. The van der Waals surface area contributed by atoms with Gasteiger partial charge in [0.25, 0.3) is 5.56 Å². The number of alkyl halides is 3. The highest BCUT2D eigenvalue weighted by Crippen LogP contribution is 2.26. The molecule has 1 aromatic carbocycles. The number of carbonyl (C=O) groups is 2. The summed E-state index contributed by atoms with van der Waals surface area (Å²) in [6.45, 7) is 2.06. The van der Waals surface area contributed by atoms with Gasteiger partial charge in [0.15, 0.2) is 12.4 Å². The lowest BCUT2D eigenvalue weighted by atomic mass is 9.98. The van der Waals surface area contributed by atoms with Gasteiger partial charge in [-0.2, -0.15) is 13.2 Å². The van der Waals surface area contributed by atoms with Crippen LogP contribution >= 0.6 is 0 Å². The van der Waals surface area contributed by atoms with E-state index in [0.29, 0.717) is 0 Å². The van der Waals surface area contributed by atoms with E-state index < -0.39 is 48.3 Å². The number of carbonyl (C=O) groups excluding carboxylic acids is 2. The predicted octanol–water partition coefficient (Wildman–Crippen LogP) is 5.00. The Morgan fingerprint density at radius 1 is 1.05 bits per heavy atom. The molecule has 0 aliphatic rings. The Morgan fingerprint density at radius 3 is 2.33 bits per heavy atom. The lowest BCUT2D eigenvalue weighted by molar-refractivity contribution is -0.215. The lowest BCUT2D eigenvalue weighted by Gasteiger charge is -2.29. The van der Waals surface area contributed by atoms with Crippen LogP contribution in [0.15, 0.2) is 92.9 Å². The van der Waals surface area contributed by atoms with E-state index in [1.165, 1.54) is 38.3 Å². The van der Waals surface area contributed by atoms with Gasteiger partial charge in [0, 0.05) is 0 Å². The number of nitrogens with zero attached hydrogens (tertiary/aromatic N) is 1. The molecule has 3 aromatic heterocycles. The molecule has 0 fully saturated rings. The topological polar surface area (TPSA) is 136 Å². The van der Waals surface area contributed by atoms with Crippen LogP contribution in [0, 0.1) is 12.2 Å². The van der Waals surface area contributed by atoms with Crippen molar-refractivity contribution in [2.45, 2.75) is 45.3 Å². The zero-order valence-corrected chi connectivity index (χ0v) is 22.6. The Hall–Kier alpha value is -4.78. The minimum Gasteiger partial charge on any atom is -0.463 e. The molecule has 10 nitrogen and oxygen atoms in total. The smallest absolute Gasteiger partial charge is 0.416 e. The number of hydrogen-bond acceptors (Lipinski definition) is 7. The molecule has 0 saturated carbocycles. The normalized spacial score (nSPS) is 12.5. The second-order valence-corrected chi connectivity index (χ2v) is 9.24. The number of aliphatic hydroxyl groups is 1. The number of benzene rings is 1. The first kappa shape index (κ1) is 31.7. The van der Waals surface area contributed by atoms with Gasteiger partial charge in [-0.1, -0.05) is 44.2 Å². The molecule has 2 unspecified atom stereocenters. The number of aliphatic hydroxyl groups excluding tert-OH is 1. The molecule has 4 rings (SSSR count). The highest BCUT2D eigenvalue weighted by atomic mass is 19.4. The van der Waals surface area contributed by atoms with E-state index in [-0.39, 0.29) is 23.7 Å². The van der Waals surface area contributed by atoms with Gasteiger partial charge in [-0.3, -0.25) is 19.5 Å².